The normalized spacial score (nSPS) is 19.4. The SMILES string of the molecule is OCC1CCCN1Cc1csc(-c2ccc(C(F)(F)F)cc2)n1. The Hall–Kier alpha value is -1.44. The van der Waals surface area contributed by atoms with Gasteiger partial charge in [-0.15, -0.1) is 11.3 Å². The van der Waals surface area contributed by atoms with Crippen LogP contribution in [-0.2, 0) is 12.7 Å². The first-order valence-electron chi connectivity index (χ1n) is 7.44. The Bertz CT molecular complexity index is 654. The van der Waals surface area contributed by atoms with Gasteiger partial charge >= 0.3 is 6.18 Å². The second kappa shape index (κ2) is 6.59. The van der Waals surface area contributed by atoms with Gasteiger partial charge in [-0.25, -0.2) is 4.98 Å². The number of likely N-dealkylation sites (tertiary alicyclic amines) is 1. The fourth-order valence-corrected chi connectivity index (χ4v) is 3.65. The van der Waals surface area contributed by atoms with Gasteiger partial charge in [0.25, 0.3) is 0 Å². The molecule has 1 fully saturated rings. The van der Waals surface area contributed by atoms with Crippen molar-refractivity contribution >= 4 is 11.3 Å². The van der Waals surface area contributed by atoms with Crippen LogP contribution >= 0.6 is 11.3 Å². The molecular weight excluding hydrogens is 325 g/mol. The maximum Gasteiger partial charge on any atom is 0.416 e. The van der Waals surface area contributed by atoms with Crippen LogP contribution in [0.1, 0.15) is 24.1 Å². The van der Waals surface area contributed by atoms with Gasteiger partial charge in [-0.1, -0.05) is 12.1 Å². The molecule has 0 spiro atoms. The van der Waals surface area contributed by atoms with Gasteiger partial charge in [0.05, 0.1) is 17.9 Å². The van der Waals surface area contributed by atoms with Gasteiger partial charge in [-0.2, -0.15) is 13.2 Å². The highest BCUT2D eigenvalue weighted by Gasteiger charge is 2.30. The zero-order valence-electron chi connectivity index (χ0n) is 12.4. The second-order valence-electron chi connectivity index (χ2n) is 5.67. The average Bonchev–Trinajstić information content (AvgIpc) is 3.16. The van der Waals surface area contributed by atoms with Crippen molar-refractivity contribution in [2.45, 2.75) is 31.6 Å². The maximum absolute atomic E-state index is 12.6. The number of halogens is 3. The monoisotopic (exact) mass is 342 g/mol. The van der Waals surface area contributed by atoms with Crippen LogP contribution in [-0.4, -0.2) is 34.2 Å². The van der Waals surface area contributed by atoms with Crippen LogP contribution in [0, 0.1) is 0 Å². The van der Waals surface area contributed by atoms with Crippen LogP contribution in [0.4, 0.5) is 13.2 Å². The molecule has 1 aliphatic rings. The summed E-state index contributed by atoms with van der Waals surface area (Å²) in [6, 6.07) is 5.26. The van der Waals surface area contributed by atoms with Gasteiger partial charge < -0.3 is 5.11 Å². The van der Waals surface area contributed by atoms with Crippen molar-refractivity contribution in [1.29, 1.82) is 0 Å². The lowest BCUT2D eigenvalue weighted by Gasteiger charge is -2.21. The van der Waals surface area contributed by atoms with Gasteiger partial charge in [0.15, 0.2) is 0 Å². The van der Waals surface area contributed by atoms with E-state index in [-0.39, 0.29) is 12.6 Å². The van der Waals surface area contributed by atoms with E-state index in [9.17, 15) is 18.3 Å². The summed E-state index contributed by atoms with van der Waals surface area (Å²) in [6.45, 7) is 1.76. The standard InChI is InChI=1S/C16H17F3N2OS/c17-16(18,19)12-5-3-11(4-6-12)15-20-13(10-23-15)8-21-7-1-2-14(21)9-22/h3-6,10,14,22H,1-2,7-9H2. The largest absolute Gasteiger partial charge is 0.416 e. The molecule has 0 radical (unpaired) electrons. The topological polar surface area (TPSA) is 36.4 Å². The summed E-state index contributed by atoms with van der Waals surface area (Å²) in [7, 11) is 0. The predicted molar refractivity (Wildman–Crippen MR) is 83.1 cm³/mol. The molecule has 7 heteroatoms. The van der Waals surface area contributed by atoms with Gasteiger partial charge in [0, 0.05) is 23.5 Å². The van der Waals surface area contributed by atoms with E-state index < -0.39 is 11.7 Å². The lowest BCUT2D eigenvalue weighted by molar-refractivity contribution is -0.137. The Morgan fingerprint density at radius 2 is 2.00 bits per heavy atom. The van der Waals surface area contributed by atoms with Gasteiger partial charge in [-0.3, -0.25) is 4.90 Å². The minimum Gasteiger partial charge on any atom is -0.395 e. The third-order valence-corrected chi connectivity index (χ3v) is 5.03. The minimum absolute atomic E-state index is 0.149. The van der Waals surface area contributed by atoms with Crippen LogP contribution in [0.5, 0.6) is 0 Å². The molecule has 1 aliphatic heterocycles. The molecule has 1 aromatic heterocycles. The minimum atomic E-state index is -4.32. The summed E-state index contributed by atoms with van der Waals surface area (Å²) in [5, 5.41) is 12.0. The molecular formula is C16H17F3N2OS. The van der Waals surface area contributed by atoms with E-state index in [0.29, 0.717) is 17.1 Å². The molecule has 2 aromatic rings. The number of thiazole rings is 1. The Labute approximate surface area is 136 Å². The van der Waals surface area contributed by atoms with Crippen molar-refractivity contribution in [1.82, 2.24) is 9.88 Å². The van der Waals surface area contributed by atoms with Crippen molar-refractivity contribution < 1.29 is 18.3 Å². The van der Waals surface area contributed by atoms with E-state index >= 15 is 0 Å². The molecule has 23 heavy (non-hydrogen) atoms. The van der Waals surface area contributed by atoms with Gasteiger partial charge in [0.2, 0.25) is 0 Å². The number of alkyl halides is 3. The molecule has 2 heterocycles. The first kappa shape index (κ1) is 16.4. The fourth-order valence-electron chi connectivity index (χ4n) is 2.83. The first-order chi connectivity index (χ1) is 11.0. The highest BCUT2D eigenvalue weighted by Crippen LogP contribution is 2.32. The summed E-state index contributed by atoms with van der Waals surface area (Å²) < 4.78 is 37.8. The first-order valence-corrected chi connectivity index (χ1v) is 8.32. The third-order valence-electron chi connectivity index (χ3n) is 4.09. The predicted octanol–water partition coefficient (Wildman–Crippen LogP) is 3.79. The Balaban J connectivity index is 1.72. The molecule has 1 saturated heterocycles. The molecule has 0 bridgehead atoms. The number of rotatable bonds is 4. The van der Waals surface area contributed by atoms with Crippen molar-refractivity contribution in [3.63, 3.8) is 0 Å². The van der Waals surface area contributed by atoms with Crippen molar-refractivity contribution in [3.05, 3.63) is 40.9 Å². The van der Waals surface area contributed by atoms with E-state index in [2.05, 4.69) is 9.88 Å². The third kappa shape index (κ3) is 3.73. The number of nitrogens with zero attached hydrogens (tertiary/aromatic N) is 2. The molecule has 0 aliphatic carbocycles. The zero-order valence-corrected chi connectivity index (χ0v) is 13.2. The lowest BCUT2D eigenvalue weighted by Crippen LogP contribution is -2.31. The lowest BCUT2D eigenvalue weighted by atomic mass is 10.1. The van der Waals surface area contributed by atoms with Crippen LogP contribution < -0.4 is 0 Å². The number of aliphatic hydroxyl groups is 1. The van der Waals surface area contributed by atoms with Gasteiger partial charge in [-0.05, 0) is 31.5 Å². The van der Waals surface area contributed by atoms with Crippen molar-refractivity contribution in [3.8, 4) is 10.6 Å². The van der Waals surface area contributed by atoms with E-state index in [1.807, 2.05) is 5.38 Å². The van der Waals surface area contributed by atoms with Gasteiger partial charge in [0.1, 0.15) is 5.01 Å². The van der Waals surface area contributed by atoms with E-state index in [1.165, 1.54) is 23.5 Å². The second-order valence-corrected chi connectivity index (χ2v) is 6.53. The maximum atomic E-state index is 12.6. The number of hydrogen-bond acceptors (Lipinski definition) is 4. The molecule has 124 valence electrons. The summed E-state index contributed by atoms with van der Waals surface area (Å²) in [4.78, 5) is 6.72. The molecule has 1 atom stereocenters. The van der Waals surface area contributed by atoms with Crippen LogP contribution in [0.15, 0.2) is 29.6 Å². The number of aliphatic hydroxyl groups excluding tert-OH is 1. The van der Waals surface area contributed by atoms with Crippen molar-refractivity contribution in [2.24, 2.45) is 0 Å². The van der Waals surface area contributed by atoms with Crippen LogP contribution in [0.3, 0.4) is 0 Å². The Morgan fingerprint density at radius 1 is 1.26 bits per heavy atom. The van der Waals surface area contributed by atoms with E-state index in [1.54, 1.807) is 0 Å². The smallest absolute Gasteiger partial charge is 0.395 e. The summed E-state index contributed by atoms with van der Waals surface area (Å²) in [6.07, 6.45) is -2.25. The Kier molecular flexibility index (Phi) is 4.70. The molecule has 1 unspecified atom stereocenters. The fraction of sp³-hybridized carbons (Fsp3) is 0.438. The molecule has 0 saturated carbocycles. The van der Waals surface area contributed by atoms with E-state index in [4.69, 9.17) is 0 Å². The summed E-state index contributed by atoms with van der Waals surface area (Å²) in [5.74, 6) is 0. The Morgan fingerprint density at radius 3 is 2.65 bits per heavy atom. The molecule has 1 aromatic carbocycles. The molecule has 3 rings (SSSR count). The quantitative estimate of drug-likeness (QED) is 0.918. The highest BCUT2D eigenvalue weighted by atomic mass is 32.1. The molecule has 1 N–H and O–H groups in total. The van der Waals surface area contributed by atoms with Crippen LogP contribution in [0.2, 0.25) is 0 Å². The number of hydrogen-bond donors (Lipinski definition) is 1. The molecule has 0 amide bonds. The van der Waals surface area contributed by atoms with Crippen molar-refractivity contribution in [2.75, 3.05) is 13.2 Å². The average molecular weight is 342 g/mol. The molecule has 3 nitrogen and oxygen atoms in total. The summed E-state index contributed by atoms with van der Waals surface area (Å²) in [5.41, 5.74) is 0.931. The zero-order chi connectivity index (χ0) is 16.4. The number of aromatic nitrogens is 1. The number of benzene rings is 1. The summed E-state index contributed by atoms with van der Waals surface area (Å²) >= 11 is 1.43. The van der Waals surface area contributed by atoms with Crippen LogP contribution in [0.25, 0.3) is 10.6 Å². The van der Waals surface area contributed by atoms with E-state index in [0.717, 1.165) is 37.2 Å². The highest BCUT2D eigenvalue weighted by molar-refractivity contribution is 7.13.